The predicted octanol–water partition coefficient (Wildman–Crippen LogP) is 1.42. The highest BCUT2D eigenvalue weighted by Crippen LogP contribution is 2.11. The molecule has 0 aromatic carbocycles. The monoisotopic (exact) mass is 272 g/mol. The van der Waals surface area contributed by atoms with E-state index in [1.165, 1.54) is 4.90 Å². The van der Waals surface area contributed by atoms with Gasteiger partial charge in [-0.15, -0.1) is 0 Å². The minimum atomic E-state index is -1.04. The molecule has 100 valence electrons. The largest absolute Gasteiger partial charge is 0.480 e. The lowest BCUT2D eigenvalue weighted by Crippen LogP contribution is -2.40. The van der Waals surface area contributed by atoms with Gasteiger partial charge in [-0.3, -0.25) is 10.1 Å². The highest BCUT2D eigenvalue weighted by molar-refractivity contribution is 7.09. The number of carboxylic acid groups (broad SMARTS) is 1. The number of urea groups is 1. The van der Waals surface area contributed by atoms with Crippen LogP contribution in [0, 0.1) is 12.8 Å². The number of hydrogen-bond acceptors (Lipinski definition) is 5. The molecule has 0 saturated heterocycles. The molecule has 1 aromatic heterocycles. The lowest BCUT2D eigenvalue weighted by atomic mass is 10.2. The van der Waals surface area contributed by atoms with Crippen molar-refractivity contribution < 1.29 is 14.7 Å². The third kappa shape index (κ3) is 4.66. The van der Waals surface area contributed by atoms with Crippen molar-refractivity contribution in [3.63, 3.8) is 0 Å². The zero-order chi connectivity index (χ0) is 13.7. The molecule has 1 heterocycles. The molecule has 0 spiro atoms. The molecule has 2 N–H and O–H groups in total. The number of aryl methyl sites for hydroxylation is 1. The van der Waals surface area contributed by atoms with Gasteiger partial charge in [0.2, 0.25) is 5.13 Å². The van der Waals surface area contributed by atoms with E-state index in [0.29, 0.717) is 17.5 Å². The Labute approximate surface area is 109 Å². The topological polar surface area (TPSA) is 95.4 Å². The Bertz CT molecular complexity index is 433. The SMILES string of the molecule is Cc1nsc(NC(=O)N(CC(=O)O)CC(C)C)n1. The second-order valence-electron chi connectivity index (χ2n) is 4.25. The number of hydrogen-bond donors (Lipinski definition) is 2. The van der Waals surface area contributed by atoms with Crippen molar-refractivity contribution in [2.24, 2.45) is 5.92 Å². The lowest BCUT2D eigenvalue weighted by molar-refractivity contribution is -0.137. The Morgan fingerprint density at radius 2 is 2.17 bits per heavy atom. The van der Waals surface area contributed by atoms with Crippen LogP contribution >= 0.6 is 11.5 Å². The Morgan fingerprint density at radius 1 is 1.50 bits per heavy atom. The van der Waals surface area contributed by atoms with Crippen LogP contribution in [0.2, 0.25) is 0 Å². The molecule has 0 aliphatic carbocycles. The van der Waals surface area contributed by atoms with Gasteiger partial charge in [-0.05, 0) is 12.8 Å². The van der Waals surface area contributed by atoms with E-state index >= 15 is 0 Å². The summed E-state index contributed by atoms with van der Waals surface area (Å²) in [6.45, 7) is 5.58. The first-order chi connectivity index (χ1) is 8.38. The van der Waals surface area contributed by atoms with Crippen molar-refractivity contribution in [3.8, 4) is 0 Å². The van der Waals surface area contributed by atoms with Crippen molar-refractivity contribution >= 4 is 28.7 Å². The smallest absolute Gasteiger partial charge is 0.324 e. The third-order valence-electron chi connectivity index (χ3n) is 1.94. The number of nitrogens with zero attached hydrogens (tertiary/aromatic N) is 3. The van der Waals surface area contributed by atoms with E-state index in [9.17, 15) is 9.59 Å². The first-order valence-electron chi connectivity index (χ1n) is 5.46. The number of nitrogens with one attached hydrogen (secondary N) is 1. The summed E-state index contributed by atoms with van der Waals surface area (Å²) in [5, 5.41) is 11.7. The fraction of sp³-hybridized carbons (Fsp3) is 0.600. The molecule has 0 unspecified atom stereocenters. The Hall–Kier alpha value is -1.70. The summed E-state index contributed by atoms with van der Waals surface area (Å²) in [4.78, 5) is 27.8. The molecule has 7 nitrogen and oxygen atoms in total. The molecule has 0 radical (unpaired) electrons. The average molecular weight is 272 g/mol. The van der Waals surface area contributed by atoms with Gasteiger partial charge in [0.1, 0.15) is 12.4 Å². The van der Waals surface area contributed by atoms with Gasteiger partial charge >= 0.3 is 12.0 Å². The van der Waals surface area contributed by atoms with E-state index in [-0.39, 0.29) is 12.5 Å². The van der Waals surface area contributed by atoms with Crippen molar-refractivity contribution in [3.05, 3.63) is 5.82 Å². The quantitative estimate of drug-likeness (QED) is 0.845. The maximum Gasteiger partial charge on any atom is 0.324 e. The van der Waals surface area contributed by atoms with E-state index in [4.69, 9.17) is 5.11 Å². The second-order valence-corrected chi connectivity index (χ2v) is 5.00. The summed E-state index contributed by atoms with van der Waals surface area (Å²) in [6.07, 6.45) is 0. The molecule has 2 amide bonds. The van der Waals surface area contributed by atoms with E-state index in [2.05, 4.69) is 14.7 Å². The summed E-state index contributed by atoms with van der Waals surface area (Å²) in [7, 11) is 0. The van der Waals surface area contributed by atoms with E-state index in [1.54, 1.807) is 6.92 Å². The number of rotatable bonds is 5. The molecule has 0 fully saturated rings. The summed E-state index contributed by atoms with van der Waals surface area (Å²) < 4.78 is 3.93. The van der Waals surface area contributed by atoms with Gasteiger partial charge in [0, 0.05) is 18.1 Å². The Kier molecular flexibility index (Phi) is 5.02. The number of carbonyl (C=O) groups is 2. The maximum absolute atomic E-state index is 11.9. The number of carbonyl (C=O) groups excluding carboxylic acids is 1. The highest BCUT2D eigenvalue weighted by Gasteiger charge is 2.19. The minimum absolute atomic E-state index is 0.186. The molecule has 1 aromatic rings. The van der Waals surface area contributed by atoms with Gasteiger partial charge in [0.15, 0.2) is 0 Å². The zero-order valence-corrected chi connectivity index (χ0v) is 11.3. The summed E-state index contributed by atoms with van der Waals surface area (Å²) in [6, 6.07) is -0.470. The number of aliphatic carboxylic acids is 1. The van der Waals surface area contributed by atoms with Gasteiger partial charge in [0.05, 0.1) is 0 Å². The van der Waals surface area contributed by atoms with Crippen LogP contribution < -0.4 is 5.32 Å². The number of carboxylic acids is 1. The molecular weight excluding hydrogens is 256 g/mol. The van der Waals surface area contributed by atoms with Gasteiger partial charge in [-0.1, -0.05) is 13.8 Å². The van der Waals surface area contributed by atoms with Gasteiger partial charge in [-0.25, -0.2) is 9.78 Å². The van der Waals surface area contributed by atoms with Crippen LogP contribution in [-0.2, 0) is 4.79 Å². The van der Waals surface area contributed by atoms with Crippen molar-refractivity contribution in [1.82, 2.24) is 14.3 Å². The standard InChI is InChI=1S/C10H16N4O3S/c1-6(2)4-14(5-8(15)16)10(17)12-9-11-7(3)13-18-9/h6H,4-5H2,1-3H3,(H,15,16)(H,11,12,13,17). The number of anilines is 1. The first-order valence-corrected chi connectivity index (χ1v) is 6.24. The van der Waals surface area contributed by atoms with Crippen LogP contribution in [0.5, 0.6) is 0 Å². The molecule has 0 aliphatic heterocycles. The summed E-state index contributed by atoms with van der Waals surface area (Å²) in [5.74, 6) is -0.283. The number of aromatic nitrogens is 2. The molecule has 0 bridgehead atoms. The molecular formula is C10H16N4O3S. The average Bonchev–Trinajstić information content (AvgIpc) is 2.61. The maximum atomic E-state index is 11.9. The van der Waals surface area contributed by atoms with Crippen LogP contribution in [0.1, 0.15) is 19.7 Å². The number of amides is 2. The van der Waals surface area contributed by atoms with Gasteiger partial charge < -0.3 is 10.0 Å². The normalized spacial score (nSPS) is 10.4. The second kappa shape index (κ2) is 6.29. The van der Waals surface area contributed by atoms with Crippen molar-refractivity contribution in [1.29, 1.82) is 0 Å². The van der Waals surface area contributed by atoms with Crippen molar-refractivity contribution in [2.75, 3.05) is 18.4 Å². The molecule has 0 aliphatic rings. The van der Waals surface area contributed by atoms with Crippen LogP contribution in [-0.4, -0.2) is 44.5 Å². The molecule has 8 heteroatoms. The third-order valence-corrected chi connectivity index (χ3v) is 2.66. The Morgan fingerprint density at radius 3 is 2.61 bits per heavy atom. The van der Waals surface area contributed by atoms with E-state index in [1.807, 2.05) is 13.8 Å². The first kappa shape index (κ1) is 14.4. The fourth-order valence-corrected chi connectivity index (χ4v) is 1.91. The van der Waals surface area contributed by atoms with Crippen LogP contribution in [0.4, 0.5) is 9.93 Å². The minimum Gasteiger partial charge on any atom is -0.480 e. The molecule has 1 rings (SSSR count). The van der Waals surface area contributed by atoms with Crippen LogP contribution in [0.3, 0.4) is 0 Å². The van der Waals surface area contributed by atoms with Crippen molar-refractivity contribution in [2.45, 2.75) is 20.8 Å². The fourth-order valence-electron chi connectivity index (χ4n) is 1.34. The predicted molar refractivity (Wildman–Crippen MR) is 67.7 cm³/mol. The zero-order valence-electron chi connectivity index (χ0n) is 10.5. The van der Waals surface area contributed by atoms with Crippen LogP contribution in [0.15, 0.2) is 0 Å². The highest BCUT2D eigenvalue weighted by atomic mass is 32.1. The van der Waals surface area contributed by atoms with Gasteiger partial charge in [0.25, 0.3) is 0 Å². The van der Waals surface area contributed by atoms with E-state index in [0.717, 1.165) is 11.5 Å². The summed E-state index contributed by atoms with van der Waals surface area (Å²) in [5.41, 5.74) is 0. The molecule has 0 saturated carbocycles. The lowest BCUT2D eigenvalue weighted by Gasteiger charge is -2.22. The molecule has 0 atom stereocenters. The summed E-state index contributed by atoms with van der Waals surface area (Å²) >= 11 is 1.07. The van der Waals surface area contributed by atoms with Gasteiger partial charge in [-0.2, -0.15) is 4.37 Å². The van der Waals surface area contributed by atoms with Crippen LogP contribution in [0.25, 0.3) is 0 Å². The molecule has 18 heavy (non-hydrogen) atoms. The van der Waals surface area contributed by atoms with E-state index < -0.39 is 12.0 Å². The Balaban J connectivity index is 2.66.